The first-order chi connectivity index (χ1) is 7.09. The van der Waals surface area contributed by atoms with E-state index in [1.807, 2.05) is 43.7 Å². The maximum atomic E-state index is 5.75. The van der Waals surface area contributed by atoms with Crippen molar-refractivity contribution >= 4 is 17.0 Å². The summed E-state index contributed by atoms with van der Waals surface area (Å²) in [4.78, 5) is 4.28. The van der Waals surface area contributed by atoms with Crippen molar-refractivity contribution in [2.24, 2.45) is 7.05 Å². The second kappa shape index (κ2) is 3.46. The van der Waals surface area contributed by atoms with Crippen molar-refractivity contribution in [2.45, 2.75) is 20.0 Å². The molecule has 2 aromatic rings. The minimum absolute atomic E-state index is 0.138. The van der Waals surface area contributed by atoms with E-state index in [1.54, 1.807) is 0 Å². The van der Waals surface area contributed by atoms with Crippen LogP contribution in [0.4, 0.5) is 5.95 Å². The van der Waals surface area contributed by atoms with Gasteiger partial charge in [-0.3, -0.25) is 0 Å². The van der Waals surface area contributed by atoms with Crippen LogP contribution < -0.4 is 10.5 Å². The van der Waals surface area contributed by atoms with Crippen molar-refractivity contribution in [2.75, 3.05) is 5.73 Å². The van der Waals surface area contributed by atoms with Crippen LogP contribution in [0.2, 0.25) is 0 Å². The van der Waals surface area contributed by atoms with E-state index < -0.39 is 0 Å². The highest BCUT2D eigenvalue weighted by Crippen LogP contribution is 2.26. The molecule has 0 saturated heterocycles. The third-order valence-corrected chi connectivity index (χ3v) is 2.27. The summed E-state index contributed by atoms with van der Waals surface area (Å²) in [6.45, 7) is 3.98. The van der Waals surface area contributed by atoms with Gasteiger partial charge in [0, 0.05) is 7.05 Å². The van der Waals surface area contributed by atoms with Gasteiger partial charge in [-0.2, -0.15) is 0 Å². The molecule has 1 aromatic carbocycles. The van der Waals surface area contributed by atoms with E-state index in [1.165, 1.54) is 0 Å². The number of hydrogen-bond acceptors (Lipinski definition) is 3. The summed E-state index contributed by atoms with van der Waals surface area (Å²) in [6.07, 6.45) is 0.138. The smallest absolute Gasteiger partial charge is 0.201 e. The Morgan fingerprint density at radius 1 is 1.40 bits per heavy atom. The normalized spacial score (nSPS) is 11.2. The molecule has 0 bridgehead atoms. The first kappa shape index (κ1) is 9.83. The summed E-state index contributed by atoms with van der Waals surface area (Å²) >= 11 is 0. The summed E-state index contributed by atoms with van der Waals surface area (Å²) in [7, 11) is 1.89. The number of imidazole rings is 1. The van der Waals surface area contributed by atoms with Crippen molar-refractivity contribution < 1.29 is 4.74 Å². The van der Waals surface area contributed by atoms with E-state index in [2.05, 4.69) is 4.98 Å². The quantitative estimate of drug-likeness (QED) is 0.815. The van der Waals surface area contributed by atoms with Crippen molar-refractivity contribution in [1.29, 1.82) is 0 Å². The number of nitrogen functional groups attached to an aromatic ring is 1. The van der Waals surface area contributed by atoms with Gasteiger partial charge in [0.1, 0.15) is 11.3 Å². The van der Waals surface area contributed by atoms with Crippen LogP contribution in [-0.2, 0) is 7.05 Å². The Hall–Kier alpha value is -1.71. The molecule has 0 amide bonds. The van der Waals surface area contributed by atoms with E-state index >= 15 is 0 Å². The molecule has 0 aliphatic rings. The molecule has 4 heteroatoms. The largest absolute Gasteiger partial charge is 0.489 e. The molecule has 2 rings (SSSR count). The molecule has 0 fully saturated rings. The fourth-order valence-electron chi connectivity index (χ4n) is 1.56. The van der Waals surface area contributed by atoms with E-state index in [4.69, 9.17) is 10.5 Å². The van der Waals surface area contributed by atoms with Crippen molar-refractivity contribution in [3.63, 3.8) is 0 Å². The number of nitrogens with two attached hydrogens (primary N) is 1. The molecule has 0 aliphatic carbocycles. The third kappa shape index (κ3) is 1.63. The number of aromatic nitrogens is 2. The molecule has 0 saturated carbocycles. The van der Waals surface area contributed by atoms with Crippen LogP contribution in [-0.4, -0.2) is 15.7 Å². The van der Waals surface area contributed by atoms with Gasteiger partial charge in [0.2, 0.25) is 5.95 Å². The van der Waals surface area contributed by atoms with Crippen LogP contribution in [0.25, 0.3) is 11.0 Å². The number of para-hydroxylation sites is 1. The van der Waals surface area contributed by atoms with Gasteiger partial charge in [-0.15, -0.1) is 0 Å². The van der Waals surface area contributed by atoms with Crippen LogP contribution in [0.1, 0.15) is 13.8 Å². The van der Waals surface area contributed by atoms with E-state index in [0.717, 1.165) is 16.8 Å². The summed E-state index contributed by atoms with van der Waals surface area (Å²) < 4.78 is 7.51. The summed E-state index contributed by atoms with van der Waals surface area (Å²) in [5, 5.41) is 0. The number of ether oxygens (including phenoxy) is 1. The molecule has 0 radical (unpaired) electrons. The van der Waals surface area contributed by atoms with Crippen molar-refractivity contribution in [3.05, 3.63) is 18.2 Å². The first-order valence-electron chi connectivity index (χ1n) is 4.97. The molecule has 0 unspecified atom stereocenters. The average Bonchev–Trinajstić information content (AvgIpc) is 2.45. The molecule has 1 aromatic heterocycles. The van der Waals surface area contributed by atoms with Gasteiger partial charge in [0.25, 0.3) is 0 Å². The molecular weight excluding hydrogens is 190 g/mol. The van der Waals surface area contributed by atoms with Crippen LogP contribution in [0.15, 0.2) is 18.2 Å². The maximum absolute atomic E-state index is 5.75. The Balaban J connectivity index is 2.61. The molecule has 0 spiro atoms. The summed E-state index contributed by atoms with van der Waals surface area (Å²) in [6, 6.07) is 5.84. The number of anilines is 1. The van der Waals surface area contributed by atoms with Crippen molar-refractivity contribution in [1.82, 2.24) is 9.55 Å². The number of rotatable bonds is 2. The predicted molar refractivity (Wildman–Crippen MR) is 60.9 cm³/mol. The Labute approximate surface area is 88.7 Å². The second-order valence-electron chi connectivity index (χ2n) is 3.82. The zero-order valence-electron chi connectivity index (χ0n) is 9.19. The fourth-order valence-corrected chi connectivity index (χ4v) is 1.56. The standard InChI is InChI=1S/C11H15N3O/c1-7(2)15-9-6-4-5-8-10(9)13-11(12)14(8)3/h4-7H,1-3H3,(H2,12,13). The van der Waals surface area contributed by atoms with Gasteiger partial charge in [0.15, 0.2) is 0 Å². The summed E-state index contributed by atoms with van der Waals surface area (Å²) in [5.41, 5.74) is 7.57. The molecule has 1 heterocycles. The summed E-state index contributed by atoms with van der Waals surface area (Å²) in [5.74, 6) is 1.29. The van der Waals surface area contributed by atoms with Crippen LogP contribution in [0.3, 0.4) is 0 Å². The molecule has 0 atom stereocenters. The number of fused-ring (bicyclic) bond motifs is 1. The number of nitrogens with zero attached hydrogens (tertiary/aromatic N) is 2. The lowest BCUT2D eigenvalue weighted by Gasteiger charge is -2.09. The molecule has 0 aliphatic heterocycles. The highest BCUT2D eigenvalue weighted by atomic mass is 16.5. The number of aryl methyl sites for hydroxylation is 1. The lowest BCUT2D eigenvalue weighted by molar-refractivity contribution is 0.245. The molecule has 2 N–H and O–H groups in total. The monoisotopic (exact) mass is 205 g/mol. The van der Waals surface area contributed by atoms with Gasteiger partial charge in [0.05, 0.1) is 11.6 Å². The highest BCUT2D eigenvalue weighted by Gasteiger charge is 2.10. The number of hydrogen-bond donors (Lipinski definition) is 1. The molecular formula is C11H15N3O. The predicted octanol–water partition coefficient (Wildman–Crippen LogP) is 1.94. The molecule has 80 valence electrons. The molecule has 15 heavy (non-hydrogen) atoms. The Kier molecular flexibility index (Phi) is 2.26. The highest BCUT2D eigenvalue weighted by molar-refractivity contribution is 5.84. The van der Waals surface area contributed by atoms with Gasteiger partial charge >= 0.3 is 0 Å². The van der Waals surface area contributed by atoms with E-state index in [0.29, 0.717) is 5.95 Å². The lowest BCUT2D eigenvalue weighted by atomic mass is 10.3. The Bertz CT molecular complexity index is 488. The SMILES string of the molecule is CC(C)Oc1cccc2c1nc(N)n2C. The molecule has 4 nitrogen and oxygen atoms in total. The zero-order valence-corrected chi connectivity index (χ0v) is 9.19. The van der Waals surface area contributed by atoms with E-state index in [-0.39, 0.29) is 6.10 Å². The first-order valence-corrected chi connectivity index (χ1v) is 4.97. The minimum Gasteiger partial charge on any atom is -0.489 e. The van der Waals surface area contributed by atoms with Gasteiger partial charge < -0.3 is 15.0 Å². The maximum Gasteiger partial charge on any atom is 0.201 e. The minimum atomic E-state index is 0.138. The number of benzene rings is 1. The second-order valence-corrected chi connectivity index (χ2v) is 3.82. The Morgan fingerprint density at radius 3 is 2.80 bits per heavy atom. The van der Waals surface area contributed by atoms with Gasteiger partial charge in [-0.1, -0.05) is 6.07 Å². The van der Waals surface area contributed by atoms with E-state index in [9.17, 15) is 0 Å². The zero-order chi connectivity index (χ0) is 11.0. The van der Waals surface area contributed by atoms with Crippen LogP contribution in [0, 0.1) is 0 Å². The van der Waals surface area contributed by atoms with Crippen LogP contribution >= 0.6 is 0 Å². The fraction of sp³-hybridized carbons (Fsp3) is 0.364. The van der Waals surface area contributed by atoms with Crippen LogP contribution in [0.5, 0.6) is 5.75 Å². The third-order valence-electron chi connectivity index (χ3n) is 2.27. The van der Waals surface area contributed by atoms with Gasteiger partial charge in [-0.25, -0.2) is 4.98 Å². The topological polar surface area (TPSA) is 53.1 Å². The average molecular weight is 205 g/mol. The Morgan fingerprint density at radius 2 is 2.13 bits per heavy atom. The van der Waals surface area contributed by atoms with Gasteiger partial charge in [-0.05, 0) is 26.0 Å². The van der Waals surface area contributed by atoms with Crippen molar-refractivity contribution in [3.8, 4) is 5.75 Å². The lowest BCUT2D eigenvalue weighted by Crippen LogP contribution is -2.05.